The van der Waals surface area contributed by atoms with E-state index in [9.17, 15) is 0 Å². The standard InChI is InChI=1S/C22H19N3O2/c1-26-17-10-8-15(9-11-17)22-25-20(18-6-2-3-7-21(18)27-22)13-19(24-25)16-5-4-12-23-14-16/h2-12,14,20,22H,13H2,1H3/t20-,22+/m0/s1. The SMILES string of the molecule is COc1ccc([C@H]2Oc3ccccc3[C@@H]3CC(c4cccnc4)=NN23)cc1. The van der Waals surface area contributed by atoms with E-state index in [0.717, 1.165) is 34.8 Å². The van der Waals surface area contributed by atoms with E-state index in [0.29, 0.717) is 0 Å². The summed E-state index contributed by atoms with van der Waals surface area (Å²) in [6.07, 6.45) is 4.21. The molecular formula is C22H19N3O2. The van der Waals surface area contributed by atoms with Crippen LogP contribution in [0.15, 0.2) is 78.2 Å². The van der Waals surface area contributed by atoms with Gasteiger partial charge in [-0.1, -0.05) is 24.3 Å². The van der Waals surface area contributed by atoms with Crippen LogP contribution in [0.1, 0.15) is 35.4 Å². The number of hydrogen-bond acceptors (Lipinski definition) is 5. The zero-order valence-electron chi connectivity index (χ0n) is 14.9. The van der Waals surface area contributed by atoms with Crippen LogP contribution < -0.4 is 9.47 Å². The van der Waals surface area contributed by atoms with Crippen LogP contribution >= 0.6 is 0 Å². The monoisotopic (exact) mass is 357 g/mol. The maximum absolute atomic E-state index is 6.35. The van der Waals surface area contributed by atoms with Gasteiger partial charge in [0.15, 0.2) is 0 Å². The molecule has 0 N–H and O–H groups in total. The minimum absolute atomic E-state index is 0.150. The molecular weight excluding hydrogens is 338 g/mol. The molecule has 134 valence electrons. The van der Waals surface area contributed by atoms with Crippen LogP contribution in [-0.4, -0.2) is 22.8 Å². The number of rotatable bonds is 3. The van der Waals surface area contributed by atoms with Gasteiger partial charge in [-0.3, -0.25) is 4.98 Å². The van der Waals surface area contributed by atoms with Crippen molar-refractivity contribution < 1.29 is 9.47 Å². The summed E-state index contributed by atoms with van der Waals surface area (Å²) in [6.45, 7) is 0. The van der Waals surface area contributed by atoms with Gasteiger partial charge in [-0.05, 0) is 36.4 Å². The lowest BCUT2D eigenvalue weighted by Gasteiger charge is -2.38. The van der Waals surface area contributed by atoms with Gasteiger partial charge in [0.05, 0.1) is 18.9 Å². The summed E-state index contributed by atoms with van der Waals surface area (Å²) >= 11 is 0. The molecule has 0 spiro atoms. The Hall–Kier alpha value is -3.34. The van der Waals surface area contributed by atoms with E-state index in [1.54, 1.807) is 13.3 Å². The first-order valence-electron chi connectivity index (χ1n) is 8.99. The van der Waals surface area contributed by atoms with Crippen molar-refractivity contribution >= 4 is 5.71 Å². The molecule has 0 fully saturated rings. The number of methoxy groups -OCH3 is 1. The lowest BCUT2D eigenvalue weighted by molar-refractivity contribution is -0.0190. The van der Waals surface area contributed by atoms with Crippen LogP contribution in [0.4, 0.5) is 0 Å². The minimum Gasteiger partial charge on any atom is -0.497 e. The molecule has 0 saturated heterocycles. The average molecular weight is 357 g/mol. The van der Waals surface area contributed by atoms with Gasteiger partial charge in [-0.2, -0.15) is 5.10 Å². The first kappa shape index (κ1) is 15.9. The number of para-hydroxylation sites is 1. The van der Waals surface area contributed by atoms with E-state index in [1.807, 2.05) is 48.7 Å². The van der Waals surface area contributed by atoms with Gasteiger partial charge < -0.3 is 9.47 Å². The largest absolute Gasteiger partial charge is 0.497 e. The quantitative estimate of drug-likeness (QED) is 0.700. The predicted molar refractivity (Wildman–Crippen MR) is 103 cm³/mol. The average Bonchev–Trinajstić information content (AvgIpc) is 3.20. The Balaban J connectivity index is 1.57. The van der Waals surface area contributed by atoms with Crippen molar-refractivity contribution in [3.05, 3.63) is 89.7 Å². The molecule has 2 atom stereocenters. The fourth-order valence-electron chi connectivity index (χ4n) is 3.73. The second-order valence-electron chi connectivity index (χ2n) is 6.67. The number of hydrazone groups is 1. The Labute approximate surface area is 157 Å². The maximum atomic E-state index is 6.35. The van der Waals surface area contributed by atoms with Gasteiger partial charge in [0.25, 0.3) is 0 Å². The first-order chi connectivity index (χ1) is 13.3. The summed E-state index contributed by atoms with van der Waals surface area (Å²) in [7, 11) is 1.67. The second-order valence-corrected chi connectivity index (χ2v) is 6.67. The molecule has 0 unspecified atom stereocenters. The highest BCUT2D eigenvalue weighted by atomic mass is 16.5. The summed E-state index contributed by atoms with van der Waals surface area (Å²) < 4.78 is 11.6. The molecule has 0 saturated carbocycles. The fraction of sp³-hybridized carbons (Fsp3) is 0.182. The first-order valence-corrected chi connectivity index (χ1v) is 8.99. The molecule has 1 aromatic heterocycles. The number of nitrogens with zero attached hydrogens (tertiary/aromatic N) is 3. The molecule has 0 amide bonds. The Kier molecular flexibility index (Phi) is 3.78. The van der Waals surface area contributed by atoms with E-state index in [2.05, 4.69) is 28.2 Å². The van der Waals surface area contributed by atoms with Crippen molar-refractivity contribution in [3.8, 4) is 11.5 Å². The van der Waals surface area contributed by atoms with Gasteiger partial charge >= 0.3 is 0 Å². The Morgan fingerprint density at radius 3 is 2.67 bits per heavy atom. The van der Waals surface area contributed by atoms with Crippen LogP contribution in [0.2, 0.25) is 0 Å². The summed E-state index contributed by atoms with van der Waals surface area (Å²) in [5, 5.41) is 7.01. The molecule has 3 aromatic rings. The topological polar surface area (TPSA) is 47.0 Å². The lowest BCUT2D eigenvalue weighted by Crippen LogP contribution is -2.33. The van der Waals surface area contributed by atoms with E-state index >= 15 is 0 Å². The number of fused-ring (bicyclic) bond motifs is 3. The molecule has 3 heterocycles. The number of aromatic nitrogens is 1. The number of pyridine rings is 1. The van der Waals surface area contributed by atoms with Crippen molar-refractivity contribution in [2.75, 3.05) is 7.11 Å². The molecule has 2 aliphatic rings. The fourth-order valence-corrected chi connectivity index (χ4v) is 3.73. The summed E-state index contributed by atoms with van der Waals surface area (Å²) in [5.41, 5.74) is 4.31. The molecule has 0 bridgehead atoms. The maximum Gasteiger partial charge on any atom is 0.213 e. The summed E-state index contributed by atoms with van der Waals surface area (Å²) in [4.78, 5) is 4.24. The highest BCUT2D eigenvalue weighted by Crippen LogP contribution is 2.47. The number of ether oxygens (including phenoxy) is 2. The van der Waals surface area contributed by atoms with Crippen molar-refractivity contribution in [1.29, 1.82) is 0 Å². The van der Waals surface area contributed by atoms with Gasteiger partial charge in [0.1, 0.15) is 11.5 Å². The zero-order chi connectivity index (χ0) is 18.2. The molecule has 5 heteroatoms. The van der Waals surface area contributed by atoms with Gasteiger partial charge in [0, 0.05) is 35.5 Å². The normalized spacial score (nSPS) is 20.3. The third-order valence-electron chi connectivity index (χ3n) is 5.09. The highest BCUT2D eigenvalue weighted by molar-refractivity contribution is 6.01. The minimum atomic E-state index is -0.273. The van der Waals surface area contributed by atoms with Gasteiger partial charge in [-0.15, -0.1) is 0 Å². The van der Waals surface area contributed by atoms with E-state index in [4.69, 9.17) is 14.6 Å². The molecule has 27 heavy (non-hydrogen) atoms. The van der Waals surface area contributed by atoms with E-state index in [1.165, 1.54) is 5.56 Å². The van der Waals surface area contributed by atoms with Crippen molar-refractivity contribution in [1.82, 2.24) is 9.99 Å². The summed E-state index contributed by atoms with van der Waals surface area (Å²) in [5.74, 6) is 1.75. The molecule has 2 aromatic carbocycles. The Morgan fingerprint density at radius 1 is 1.04 bits per heavy atom. The van der Waals surface area contributed by atoms with Gasteiger partial charge in [0.2, 0.25) is 6.23 Å². The predicted octanol–water partition coefficient (Wildman–Crippen LogP) is 4.33. The summed E-state index contributed by atoms with van der Waals surface area (Å²) in [6, 6.07) is 20.3. The molecule has 5 nitrogen and oxygen atoms in total. The molecule has 0 aliphatic carbocycles. The van der Waals surface area contributed by atoms with Crippen LogP contribution in [0, 0.1) is 0 Å². The van der Waals surface area contributed by atoms with Crippen molar-refractivity contribution in [2.24, 2.45) is 5.10 Å². The van der Waals surface area contributed by atoms with Gasteiger partial charge in [-0.25, -0.2) is 5.01 Å². The van der Waals surface area contributed by atoms with Crippen LogP contribution in [0.25, 0.3) is 0 Å². The van der Waals surface area contributed by atoms with E-state index in [-0.39, 0.29) is 12.3 Å². The smallest absolute Gasteiger partial charge is 0.213 e. The van der Waals surface area contributed by atoms with Crippen molar-refractivity contribution in [3.63, 3.8) is 0 Å². The van der Waals surface area contributed by atoms with E-state index < -0.39 is 0 Å². The molecule has 5 rings (SSSR count). The zero-order valence-corrected chi connectivity index (χ0v) is 14.9. The van der Waals surface area contributed by atoms with Crippen LogP contribution in [0.5, 0.6) is 11.5 Å². The number of benzene rings is 2. The Bertz CT molecular complexity index is 986. The lowest BCUT2D eigenvalue weighted by atomic mass is 9.96. The van der Waals surface area contributed by atoms with Crippen LogP contribution in [0.3, 0.4) is 0 Å². The molecule has 0 radical (unpaired) electrons. The highest BCUT2D eigenvalue weighted by Gasteiger charge is 2.40. The van der Waals surface area contributed by atoms with Crippen LogP contribution in [-0.2, 0) is 0 Å². The second kappa shape index (κ2) is 6.43. The van der Waals surface area contributed by atoms with Crippen molar-refractivity contribution in [2.45, 2.75) is 18.7 Å². The third-order valence-corrected chi connectivity index (χ3v) is 5.09. The Morgan fingerprint density at radius 2 is 1.89 bits per heavy atom. The number of hydrogen-bond donors (Lipinski definition) is 0. The third kappa shape index (κ3) is 2.72. The molecule has 2 aliphatic heterocycles.